The van der Waals surface area contributed by atoms with Crippen LogP contribution in [0.3, 0.4) is 0 Å². The van der Waals surface area contributed by atoms with Crippen molar-refractivity contribution in [2.45, 2.75) is 12.6 Å². The fraction of sp³-hybridized carbons (Fsp3) is 0.714. The Morgan fingerprint density at radius 2 is 2.14 bits per heavy atom. The summed E-state index contributed by atoms with van der Waals surface area (Å²) >= 11 is 0. The third-order valence-corrected chi connectivity index (χ3v) is 3.35. The molecule has 14 heavy (non-hydrogen) atoms. The first-order valence-electron chi connectivity index (χ1n) is 3.96. The van der Waals surface area contributed by atoms with Crippen molar-refractivity contribution in [2.24, 2.45) is 0 Å². The normalized spacial score (nSPS) is 24.1. The molecule has 0 radical (unpaired) electrons. The predicted octanol–water partition coefficient (Wildman–Crippen LogP) is 1.77. The number of hydrogen-bond acceptors (Lipinski definition) is 2. The molecule has 1 rings (SSSR count). The van der Waals surface area contributed by atoms with Gasteiger partial charge in [0.1, 0.15) is 9.92 Å². The SMILES string of the molecule is CS(=N)(=O)N1CC=C(C(F)(F)F)CC1. The molecule has 1 aliphatic heterocycles. The number of hydrogen-bond donors (Lipinski definition) is 1. The minimum absolute atomic E-state index is 0.0319. The van der Waals surface area contributed by atoms with E-state index >= 15 is 0 Å². The van der Waals surface area contributed by atoms with E-state index in [1.165, 1.54) is 10.6 Å². The number of alkyl halides is 3. The average molecular weight is 228 g/mol. The molecule has 0 fully saturated rings. The molecule has 0 spiro atoms. The van der Waals surface area contributed by atoms with E-state index in [9.17, 15) is 17.4 Å². The summed E-state index contributed by atoms with van der Waals surface area (Å²) in [6.45, 7) is -0.0299. The van der Waals surface area contributed by atoms with Crippen molar-refractivity contribution < 1.29 is 17.4 Å². The largest absolute Gasteiger partial charge is 0.412 e. The van der Waals surface area contributed by atoms with Crippen molar-refractivity contribution >= 4 is 9.92 Å². The molecule has 1 aliphatic rings. The second kappa shape index (κ2) is 3.54. The summed E-state index contributed by atoms with van der Waals surface area (Å²) in [6.07, 6.45) is -2.27. The first kappa shape index (κ1) is 11.5. The van der Waals surface area contributed by atoms with Gasteiger partial charge in [0, 0.05) is 24.9 Å². The van der Waals surface area contributed by atoms with Gasteiger partial charge in [-0.1, -0.05) is 6.08 Å². The molecule has 0 bridgehead atoms. The zero-order valence-corrected chi connectivity index (χ0v) is 8.41. The molecule has 0 aliphatic carbocycles. The molecular weight excluding hydrogens is 217 g/mol. The lowest BCUT2D eigenvalue weighted by molar-refractivity contribution is -0.0953. The van der Waals surface area contributed by atoms with E-state index in [4.69, 9.17) is 4.78 Å². The third kappa shape index (κ3) is 2.71. The molecule has 82 valence electrons. The Bertz CT molecular complexity index is 344. The smallest absolute Gasteiger partial charge is 0.240 e. The minimum Gasteiger partial charge on any atom is -0.240 e. The van der Waals surface area contributed by atoms with Crippen molar-refractivity contribution in [1.82, 2.24) is 4.31 Å². The number of halogens is 3. The average Bonchev–Trinajstić information content (AvgIpc) is 2.01. The maximum absolute atomic E-state index is 12.2. The standard InChI is InChI=1S/C7H11F3N2OS/c1-14(11,13)12-4-2-6(3-5-12)7(8,9)10/h2,11H,3-5H2,1H3. The Balaban J connectivity index is 2.75. The molecule has 1 unspecified atom stereocenters. The van der Waals surface area contributed by atoms with Gasteiger partial charge in [-0.25, -0.2) is 13.3 Å². The molecule has 1 atom stereocenters. The van der Waals surface area contributed by atoms with Crippen LogP contribution in [0.4, 0.5) is 13.2 Å². The molecule has 0 saturated carbocycles. The van der Waals surface area contributed by atoms with Crippen LogP contribution in [0.5, 0.6) is 0 Å². The quantitative estimate of drug-likeness (QED) is 0.683. The Morgan fingerprint density at radius 3 is 2.43 bits per heavy atom. The van der Waals surface area contributed by atoms with Crippen molar-refractivity contribution in [2.75, 3.05) is 19.3 Å². The zero-order valence-electron chi connectivity index (χ0n) is 7.60. The highest BCUT2D eigenvalue weighted by Gasteiger charge is 2.35. The third-order valence-electron chi connectivity index (χ3n) is 2.03. The van der Waals surface area contributed by atoms with Gasteiger partial charge in [0.25, 0.3) is 0 Å². The molecule has 0 amide bonds. The molecule has 1 heterocycles. The number of rotatable bonds is 1. The Labute approximate surface area is 80.7 Å². The summed E-state index contributed by atoms with van der Waals surface area (Å²) < 4.78 is 56.1. The highest BCUT2D eigenvalue weighted by Crippen LogP contribution is 2.30. The second-order valence-electron chi connectivity index (χ2n) is 3.17. The fourth-order valence-corrected chi connectivity index (χ4v) is 2.02. The number of nitrogens with one attached hydrogen (secondary N) is 1. The lowest BCUT2D eigenvalue weighted by atomic mass is 10.1. The van der Waals surface area contributed by atoms with Crippen LogP contribution < -0.4 is 0 Å². The first-order chi connectivity index (χ1) is 6.21. The van der Waals surface area contributed by atoms with Crippen molar-refractivity contribution in [3.8, 4) is 0 Å². The van der Waals surface area contributed by atoms with Gasteiger partial charge >= 0.3 is 6.18 Å². The molecule has 7 heteroatoms. The molecule has 0 aromatic rings. The Morgan fingerprint density at radius 1 is 1.57 bits per heavy atom. The molecular formula is C7H11F3N2OS. The Kier molecular flexibility index (Phi) is 2.91. The maximum atomic E-state index is 12.2. The Hall–Kier alpha value is -0.560. The van der Waals surface area contributed by atoms with Gasteiger partial charge in [-0.05, 0) is 6.42 Å². The predicted molar refractivity (Wildman–Crippen MR) is 47.1 cm³/mol. The van der Waals surface area contributed by atoms with E-state index in [-0.39, 0.29) is 19.5 Å². The van der Waals surface area contributed by atoms with Crippen LogP contribution in [-0.2, 0) is 9.92 Å². The second-order valence-corrected chi connectivity index (χ2v) is 5.29. The van der Waals surface area contributed by atoms with E-state index in [1.807, 2.05) is 0 Å². The summed E-state index contributed by atoms with van der Waals surface area (Å²) in [5.41, 5.74) is -0.586. The van der Waals surface area contributed by atoms with E-state index in [1.54, 1.807) is 0 Å². The van der Waals surface area contributed by atoms with Crippen LogP contribution in [0.1, 0.15) is 6.42 Å². The van der Waals surface area contributed by atoms with E-state index in [0.717, 1.165) is 6.08 Å². The van der Waals surface area contributed by atoms with Gasteiger partial charge < -0.3 is 0 Å². The zero-order chi connectivity index (χ0) is 11.0. The van der Waals surface area contributed by atoms with E-state index < -0.39 is 21.7 Å². The topological polar surface area (TPSA) is 44.2 Å². The molecule has 1 N–H and O–H groups in total. The van der Waals surface area contributed by atoms with Crippen LogP contribution in [0.2, 0.25) is 0 Å². The summed E-state index contributed by atoms with van der Waals surface area (Å²) in [6, 6.07) is 0. The summed E-state index contributed by atoms with van der Waals surface area (Å²) in [4.78, 5) is 0. The summed E-state index contributed by atoms with van der Waals surface area (Å²) in [5.74, 6) is 0. The maximum Gasteiger partial charge on any atom is 0.412 e. The lowest BCUT2D eigenvalue weighted by Crippen LogP contribution is -2.35. The van der Waals surface area contributed by atoms with Crippen LogP contribution in [0.15, 0.2) is 11.6 Å². The molecule has 0 aromatic heterocycles. The van der Waals surface area contributed by atoms with Crippen molar-refractivity contribution in [1.29, 1.82) is 4.78 Å². The highest BCUT2D eigenvalue weighted by molar-refractivity contribution is 7.89. The minimum atomic E-state index is -4.29. The van der Waals surface area contributed by atoms with Gasteiger partial charge in [0.2, 0.25) is 0 Å². The summed E-state index contributed by atoms with van der Waals surface area (Å²) in [5, 5.41) is 0. The summed E-state index contributed by atoms with van der Waals surface area (Å²) in [7, 11) is -2.87. The highest BCUT2D eigenvalue weighted by atomic mass is 32.2. The van der Waals surface area contributed by atoms with Crippen LogP contribution in [-0.4, -0.2) is 34.0 Å². The van der Waals surface area contributed by atoms with E-state index in [2.05, 4.69) is 0 Å². The monoisotopic (exact) mass is 228 g/mol. The molecule has 0 saturated heterocycles. The van der Waals surface area contributed by atoms with Gasteiger partial charge in [-0.3, -0.25) is 0 Å². The van der Waals surface area contributed by atoms with Gasteiger partial charge in [-0.15, -0.1) is 0 Å². The number of nitrogens with zero attached hydrogens (tertiary/aromatic N) is 1. The van der Waals surface area contributed by atoms with Crippen LogP contribution in [0.25, 0.3) is 0 Å². The van der Waals surface area contributed by atoms with Gasteiger partial charge in [-0.2, -0.15) is 13.2 Å². The van der Waals surface area contributed by atoms with E-state index in [0.29, 0.717) is 0 Å². The van der Waals surface area contributed by atoms with Crippen molar-refractivity contribution in [3.05, 3.63) is 11.6 Å². The van der Waals surface area contributed by atoms with Gasteiger partial charge in [0.05, 0.1) is 0 Å². The fourth-order valence-electron chi connectivity index (χ4n) is 1.22. The van der Waals surface area contributed by atoms with Crippen LogP contribution >= 0.6 is 0 Å². The first-order valence-corrected chi connectivity index (χ1v) is 5.88. The molecule has 0 aromatic carbocycles. The van der Waals surface area contributed by atoms with Crippen LogP contribution in [0, 0.1) is 4.78 Å². The lowest BCUT2D eigenvalue weighted by Gasteiger charge is -2.26. The molecule has 3 nitrogen and oxygen atoms in total. The van der Waals surface area contributed by atoms with Gasteiger partial charge in [0.15, 0.2) is 0 Å². The van der Waals surface area contributed by atoms with Crippen molar-refractivity contribution in [3.63, 3.8) is 0 Å².